The van der Waals surface area contributed by atoms with Crippen molar-refractivity contribution in [1.82, 2.24) is 19.7 Å². The molecule has 0 radical (unpaired) electrons. The Morgan fingerprint density at radius 1 is 1.33 bits per heavy atom. The van der Waals surface area contributed by atoms with Gasteiger partial charge in [0.2, 0.25) is 5.91 Å². The molecule has 3 aromatic rings. The average Bonchev–Trinajstić information content (AvgIpc) is 3.29. The second kappa shape index (κ2) is 7.82. The largest absolute Gasteiger partial charge is 0.306 e. The Bertz CT molecular complexity index is 933. The normalized spacial score (nSPS) is 14.9. The van der Waals surface area contributed by atoms with Gasteiger partial charge in [-0.25, -0.2) is 4.98 Å². The number of hydrogen-bond acceptors (Lipinski definition) is 6. The van der Waals surface area contributed by atoms with Crippen molar-refractivity contribution < 1.29 is 4.79 Å². The molecule has 1 aliphatic carbocycles. The van der Waals surface area contributed by atoms with E-state index in [0.29, 0.717) is 11.0 Å². The van der Waals surface area contributed by atoms with E-state index < -0.39 is 0 Å². The van der Waals surface area contributed by atoms with Gasteiger partial charge in [-0.3, -0.25) is 4.79 Å². The van der Waals surface area contributed by atoms with Crippen LogP contribution in [0.3, 0.4) is 0 Å². The summed E-state index contributed by atoms with van der Waals surface area (Å²) in [6.07, 6.45) is 2.37. The van der Waals surface area contributed by atoms with Crippen molar-refractivity contribution in [3.05, 3.63) is 41.5 Å². The molecule has 8 heteroatoms. The minimum Gasteiger partial charge on any atom is -0.306 e. The third-order valence-electron chi connectivity index (χ3n) is 4.46. The second-order valence-electron chi connectivity index (χ2n) is 6.51. The molecular formula is C19H21N5OS2. The van der Waals surface area contributed by atoms with Gasteiger partial charge in [0, 0.05) is 23.4 Å². The van der Waals surface area contributed by atoms with Crippen molar-refractivity contribution in [3.8, 4) is 11.3 Å². The first-order valence-electron chi connectivity index (χ1n) is 9.07. The molecule has 0 spiro atoms. The van der Waals surface area contributed by atoms with Crippen LogP contribution < -0.4 is 5.32 Å². The number of carbonyl (C=O) groups is 1. The Kier molecular flexibility index (Phi) is 5.27. The van der Waals surface area contributed by atoms with Gasteiger partial charge in [-0.15, -0.1) is 21.5 Å². The lowest BCUT2D eigenvalue weighted by molar-refractivity contribution is -0.115. The zero-order chi connectivity index (χ0) is 18.8. The SMILES string of the molecule is CCn1c(SC(C)C(=O)Nc2nc(-c3ccccc3)cs2)nnc1C1CC1. The second-order valence-corrected chi connectivity index (χ2v) is 8.68. The lowest BCUT2D eigenvalue weighted by Crippen LogP contribution is -2.23. The fourth-order valence-corrected chi connectivity index (χ4v) is 4.46. The number of hydrogen-bond donors (Lipinski definition) is 1. The van der Waals surface area contributed by atoms with E-state index in [1.807, 2.05) is 42.6 Å². The standard InChI is InChI=1S/C19H21N5OS2/c1-3-24-16(14-9-10-14)22-23-19(24)27-12(2)17(25)21-18-20-15(11-26-18)13-7-5-4-6-8-13/h4-8,11-12,14H,3,9-10H2,1-2H3,(H,20,21,25). The first kappa shape index (κ1) is 18.2. The number of aromatic nitrogens is 4. The van der Waals surface area contributed by atoms with Crippen LogP contribution in [0.4, 0.5) is 5.13 Å². The van der Waals surface area contributed by atoms with E-state index in [4.69, 9.17) is 0 Å². The maximum atomic E-state index is 12.6. The Hall–Kier alpha value is -2.19. The van der Waals surface area contributed by atoms with Crippen LogP contribution in [0.2, 0.25) is 0 Å². The summed E-state index contributed by atoms with van der Waals surface area (Å²) in [6, 6.07) is 9.94. The lowest BCUT2D eigenvalue weighted by atomic mass is 10.2. The third kappa shape index (κ3) is 4.06. The van der Waals surface area contributed by atoms with E-state index in [-0.39, 0.29) is 11.2 Å². The van der Waals surface area contributed by atoms with Crippen LogP contribution in [0.15, 0.2) is 40.9 Å². The van der Waals surface area contributed by atoms with Crippen molar-refractivity contribution in [3.63, 3.8) is 0 Å². The van der Waals surface area contributed by atoms with Crippen molar-refractivity contribution in [2.75, 3.05) is 5.32 Å². The first-order chi connectivity index (χ1) is 13.2. The summed E-state index contributed by atoms with van der Waals surface area (Å²) in [5, 5.41) is 14.7. The molecule has 2 heterocycles. The molecule has 1 N–H and O–H groups in total. The zero-order valence-corrected chi connectivity index (χ0v) is 16.9. The van der Waals surface area contributed by atoms with Crippen molar-refractivity contribution in [1.29, 1.82) is 0 Å². The summed E-state index contributed by atoms with van der Waals surface area (Å²) in [5.74, 6) is 1.52. The molecule has 4 rings (SSSR count). The minimum atomic E-state index is -0.282. The third-order valence-corrected chi connectivity index (χ3v) is 6.30. The highest BCUT2D eigenvalue weighted by atomic mass is 32.2. The van der Waals surface area contributed by atoms with E-state index in [9.17, 15) is 4.79 Å². The molecule has 1 unspecified atom stereocenters. The lowest BCUT2D eigenvalue weighted by Gasteiger charge is -2.11. The van der Waals surface area contributed by atoms with E-state index in [1.165, 1.54) is 35.9 Å². The molecular weight excluding hydrogens is 378 g/mol. The Morgan fingerprint density at radius 2 is 2.11 bits per heavy atom. The van der Waals surface area contributed by atoms with Crippen LogP contribution in [0.1, 0.15) is 38.4 Å². The van der Waals surface area contributed by atoms with Gasteiger partial charge in [-0.2, -0.15) is 0 Å². The molecule has 1 fully saturated rings. The maximum Gasteiger partial charge on any atom is 0.239 e. The van der Waals surface area contributed by atoms with Gasteiger partial charge in [0.05, 0.1) is 10.9 Å². The van der Waals surface area contributed by atoms with E-state index in [0.717, 1.165) is 28.8 Å². The first-order valence-corrected chi connectivity index (χ1v) is 10.8. The Balaban J connectivity index is 1.41. The summed E-state index contributed by atoms with van der Waals surface area (Å²) in [6.45, 7) is 4.80. The van der Waals surface area contributed by atoms with E-state index >= 15 is 0 Å². The predicted octanol–water partition coefficient (Wildman–Crippen LogP) is 4.42. The Morgan fingerprint density at radius 3 is 2.81 bits per heavy atom. The molecule has 1 aliphatic rings. The monoisotopic (exact) mass is 399 g/mol. The average molecular weight is 400 g/mol. The number of anilines is 1. The number of nitrogens with zero attached hydrogens (tertiary/aromatic N) is 4. The molecule has 1 amide bonds. The topological polar surface area (TPSA) is 72.7 Å². The fourth-order valence-electron chi connectivity index (χ4n) is 2.82. The summed E-state index contributed by atoms with van der Waals surface area (Å²) in [5.41, 5.74) is 1.91. The van der Waals surface area contributed by atoms with Gasteiger partial charge in [0.1, 0.15) is 5.82 Å². The van der Waals surface area contributed by atoms with Crippen molar-refractivity contribution in [2.45, 2.75) is 49.6 Å². The highest BCUT2D eigenvalue weighted by molar-refractivity contribution is 8.00. The van der Waals surface area contributed by atoms with E-state index in [2.05, 4.69) is 32.0 Å². The smallest absolute Gasteiger partial charge is 0.239 e. The van der Waals surface area contributed by atoms with Crippen LogP contribution in [0, 0.1) is 0 Å². The fraction of sp³-hybridized carbons (Fsp3) is 0.368. The van der Waals surface area contributed by atoms with Crippen molar-refractivity contribution in [2.24, 2.45) is 0 Å². The summed E-state index contributed by atoms with van der Waals surface area (Å²) < 4.78 is 2.13. The molecule has 1 atom stereocenters. The summed E-state index contributed by atoms with van der Waals surface area (Å²) in [7, 11) is 0. The zero-order valence-electron chi connectivity index (χ0n) is 15.3. The Labute approximate surface area is 166 Å². The molecule has 0 aliphatic heterocycles. The molecule has 2 aromatic heterocycles. The maximum absolute atomic E-state index is 12.6. The van der Waals surface area contributed by atoms with E-state index in [1.54, 1.807) is 0 Å². The number of amides is 1. The number of thiazole rings is 1. The molecule has 0 bridgehead atoms. The molecule has 140 valence electrons. The van der Waals surface area contributed by atoms with Crippen LogP contribution in [-0.4, -0.2) is 30.9 Å². The summed E-state index contributed by atoms with van der Waals surface area (Å²) in [4.78, 5) is 17.1. The van der Waals surface area contributed by atoms with Gasteiger partial charge in [-0.05, 0) is 26.7 Å². The molecule has 27 heavy (non-hydrogen) atoms. The summed E-state index contributed by atoms with van der Waals surface area (Å²) >= 11 is 2.88. The number of carbonyl (C=O) groups excluding carboxylic acids is 1. The molecule has 0 saturated heterocycles. The van der Waals surface area contributed by atoms with Crippen LogP contribution in [0.25, 0.3) is 11.3 Å². The van der Waals surface area contributed by atoms with Gasteiger partial charge in [-0.1, -0.05) is 42.1 Å². The minimum absolute atomic E-state index is 0.0763. The highest BCUT2D eigenvalue weighted by Crippen LogP contribution is 2.40. The van der Waals surface area contributed by atoms with Gasteiger partial charge < -0.3 is 9.88 Å². The van der Waals surface area contributed by atoms with Gasteiger partial charge >= 0.3 is 0 Å². The van der Waals surface area contributed by atoms with Gasteiger partial charge in [0.15, 0.2) is 10.3 Å². The molecule has 1 aromatic carbocycles. The molecule has 6 nitrogen and oxygen atoms in total. The van der Waals surface area contributed by atoms with Gasteiger partial charge in [0.25, 0.3) is 0 Å². The molecule has 1 saturated carbocycles. The van der Waals surface area contributed by atoms with Crippen LogP contribution in [-0.2, 0) is 11.3 Å². The number of rotatable bonds is 7. The van der Waals surface area contributed by atoms with Crippen molar-refractivity contribution >= 4 is 34.1 Å². The highest BCUT2D eigenvalue weighted by Gasteiger charge is 2.30. The van der Waals surface area contributed by atoms with Crippen LogP contribution >= 0.6 is 23.1 Å². The number of thioether (sulfide) groups is 1. The van der Waals surface area contributed by atoms with Crippen LogP contribution in [0.5, 0.6) is 0 Å². The number of benzene rings is 1. The number of nitrogens with one attached hydrogen (secondary N) is 1. The quantitative estimate of drug-likeness (QED) is 0.596. The predicted molar refractivity (Wildman–Crippen MR) is 109 cm³/mol.